The van der Waals surface area contributed by atoms with Gasteiger partial charge in [-0.05, 0) is 55.0 Å². The van der Waals surface area contributed by atoms with E-state index in [2.05, 4.69) is 31.2 Å². The first-order chi connectivity index (χ1) is 13.0. The van der Waals surface area contributed by atoms with Gasteiger partial charge in [-0.15, -0.1) is 0 Å². The molecule has 0 heterocycles. The Morgan fingerprint density at radius 1 is 0.963 bits per heavy atom. The third-order valence-electron chi connectivity index (χ3n) is 5.08. The first-order valence-electron chi connectivity index (χ1n) is 9.85. The van der Waals surface area contributed by atoms with Gasteiger partial charge in [-0.25, -0.2) is 4.79 Å². The van der Waals surface area contributed by atoms with Crippen LogP contribution in [0.5, 0.6) is 5.75 Å². The van der Waals surface area contributed by atoms with Gasteiger partial charge in [0.1, 0.15) is 5.75 Å². The van der Waals surface area contributed by atoms with Crippen molar-refractivity contribution in [2.24, 2.45) is 5.41 Å². The zero-order valence-electron chi connectivity index (χ0n) is 16.6. The smallest absolute Gasteiger partial charge is 0.331 e. The number of benzene rings is 2. The van der Waals surface area contributed by atoms with Gasteiger partial charge in [0.05, 0.1) is 6.07 Å². The van der Waals surface area contributed by atoms with E-state index in [1.807, 2.05) is 18.2 Å². The Morgan fingerprint density at radius 3 is 2.07 bits per heavy atom. The number of carbonyl (C=O) groups excluding carboxylic acids is 1. The Balaban J connectivity index is 1.99. The second-order valence-electron chi connectivity index (χ2n) is 7.22. The molecule has 0 aliphatic heterocycles. The van der Waals surface area contributed by atoms with Gasteiger partial charge in [-0.1, -0.05) is 69.5 Å². The number of unbranched alkanes of at least 4 members (excludes halogenated alkanes) is 3. The fourth-order valence-electron chi connectivity index (χ4n) is 2.82. The topological polar surface area (TPSA) is 50.1 Å². The fourth-order valence-corrected chi connectivity index (χ4v) is 2.82. The molecule has 142 valence electrons. The summed E-state index contributed by atoms with van der Waals surface area (Å²) in [5.74, 6) is -0.0427. The van der Waals surface area contributed by atoms with Gasteiger partial charge >= 0.3 is 5.97 Å². The molecule has 0 amide bonds. The standard InChI is InChI=1S/C24H29NO2/c1-4-6-7-8-9-19-10-12-20(13-11-19)21-14-16-22(17-15-21)27-23(26)24(3,5-2)18-25/h10-17H,4-9H2,1-3H3. The van der Waals surface area contributed by atoms with E-state index >= 15 is 0 Å². The van der Waals surface area contributed by atoms with Crippen molar-refractivity contribution in [3.63, 3.8) is 0 Å². The summed E-state index contributed by atoms with van der Waals surface area (Å²) in [6.45, 7) is 5.64. The molecule has 3 nitrogen and oxygen atoms in total. The van der Waals surface area contributed by atoms with E-state index in [0.717, 1.165) is 17.5 Å². The van der Waals surface area contributed by atoms with Crippen LogP contribution in [-0.2, 0) is 11.2 Å². The van der Waals surface area contributed by atoms with Crippen LogP contribution in [-0.4, -0.2) is 5.97 Å². The monoisotopic (exact) mass is 363 g/mol. The third-order valence-corrected chi connectivity index (χ3v) is 5.08. The zero-order chi connectivity index (χ0) is 19.7. The molecule has 0 radical (unpaired) electrons. The summed E-state index contributed by atoms with van der Waals surface area (Å²) >= 11 is 0. The van der Waals surface area contributed by atoms with Crippen LogP contribution >= 0.6 is 0 Å². The molecular weight excluding hydrogens is 334 g/mol. The quantitative estimate of drug-likeness (QED) is 0.297. The number of hydrogen-bond donors (Lipinski definition) is 0. The molecule has 0 fully saturated rings. The fraction of sp³-hybridized carbons (Fsp3) is 0.417. The maximum absolute atomic E-state index is 12.2. The lowest BCUT2D eigenvalue weighted by atomic mass is 9.90. The molecule has 0 saturated heterocycles. The summed E-state index contributed by atoms with van der Waals surface area (Å²) in [6.07, 6.45) is 6.66. The molecule has 0 saturated carbocycles. The molecule has 0 bridgehead atoms. The minimum atomic E-state index is -1.11. The van der Waals surface area contributed by atoms with Gasteiger partial charge < -0.3 is 4.74 Å². The second-order valence-corrected chi connectivity index (χ2v) is 7.22. The van der Waals surface area contributed by atoms with Gasteiger partial charge in [0.2, 0.25) is 0 Å². The van der Waals surface area contributed by atoms with E-state index in [9.17, 15) is 10.1 Å². The Bertz CT molecular complexity index is 772. The Kier molecular flexibility index (Phi) is 7.61. The minimum absolute atomic E-state index is 0.422. The summed E-state index contributed by atoms with van der Waals surface area (Å²) in [5, 5.41) is 9.18. The van der Waals surface area contributed by atoms with E-state index in [1.165, 1.54) is 31.2 Å². The zero-order valence-corrected chi connectivity index (χ0v) is 16.6. The van der Waals surface area contributed by atoms with Gasteiger partial charge in [0.25, 0.3) is 0 Å². The van der Waals surface area contributed by atoms with Crippen molar-refractivity contribution in [3.05, 3.63) is 54.1 Å². The lowest BCUT2D eigenvalue weighted by Crippen LogP contribution is -2.29. The Hall–Kier alpha value is -2.60. The van der Waals surface area contributed by atoms with Crippen LogP contribution in [0.3, 0.4) is 0 Å². The predicted octanol–water partition coefficient (Wildman–Crippen LogP) is 6.32. The van der Waals surface area contributed by atoms with E-state index < -0.39 is 11.4 Å². The van der Waals surface area contributed by atoms with Crippen LogP contribution in [0, 0.1) is 16.7 Å². The second kappa shape index (κ2) is 9.92. The first-order valence-corrected chi connectivity index (χ1v) is 9.85. The highest BCUT2D eigenvalue weighted by Gasteiger charge is 2.33. The Morgan fingerprint density at radius 2 is 1.56 bits per heavy atom. The summed E-state index contributed by atoms with van der Waals surface area (Å²) < 4.78 is 5.37. The van der Waals surface area contributed by atoms with Crippen molar-refractivity contribution in [2.45, 2.75) is 59.3 Å². The molecule has 27 heavy (non-hydrogen) atoms. The molecule has 1 atom stereocenters. The van der Waals surface area contributed by atoms with Crippen LogP contribution in [0.25, 0.3) is 11.1 Å². The number of rotatable bonds is 9. The molecule has 0 aliphatic rings. The largest absolute Gasteiger partial charge is 0.425 e. The number of nitrogens with zero attached hydrogens (tertiary/aromatic N) is 1. The number of aryl methyl sites for hydroxylation is 1. The van der Waals surface area contributed by atoms with Crippen LogP contribution in [0.4, 0.5) is 0 Å². The number of ether oxygens (including phenoxy) is 1. The van der Waals surface area contributed by atoms with Crippen LogP contribution in [0.2, 0.25) is 0 Å². The predicted molar refractivity (Wildman–Crippen MR) is 109 cm³/mol. The van der Waals surface area contributed by atoms with Gasteiger partial charge in [-0.2, -0.15) is 5.26 Å². The van der Waals surface area contributed by atoms with Gasteiger partial charge in [0.15, 0.2) is 5.41 Å². The van der Waals surface area contributed by atoms with Crippen molar-refractivity contribution >= 4 is 5.97 Å². The van der Waals surface area contributed by atoms with Gasteiger partial charge in [-0.3, -0.25) is 0 Å². The highest BCUT2D eigenvalue weighted by molar-refractivity contribution is 5.81. The molecule has 0 N–H and O–H groups in total. The van der Waals surface area contributed by atoms with Crippen LogP contribution in [0.1, 0.15) is 58.4 Å². The first kappa shape index (κ1) is 20.7. The molecule has 1 unspecified atom stereocenters. The summed E-state index contributed by atoms with van der Waals surface area (Å²) in [6, 6.07) is 18.1. The van der Waals surface area contributed by atoms with E-state index in [-0.39, 0.29) is 0 Å². The SMILES string of the molecule is CCCCCCc1ccc(-c2ccc(OC(=O)C(C)(C#N)CC)cc2)cc1. The number of esters is 1. The lowest BCUT2D eigenvalue weighted by molar-refractivity contribution is -0.141. The lowest BCUT2D eigenvalue weighted by Gasteiger charge is -2.17. The Labute approximate surface area is 163 Å². The maximum Gasteiger partial charge on any atom is 0.331 e. The summed E-state index contributed by atoms with van der Waals surface area (Å²) in [4.78, 5) is 12.2. The highest BCUT2D eigenvalue weighted by atomic mass is 16.5. The van der Waals surface area contributed by atoms with Gasteiger partial charge in [0, 0.05) is 0 Å². The number of carbonyl (C=O) groups is 1. The van der Waals surface area contributed by atoms with Crippen molar-refractivity contribution in [1.29, 1.82) is 5.26 Å². The van der Waals surface area contributed by atoms with E-state index in [4.69, 9.17) is 4.74 Å². The van der Waals surface area contributed by atoms with E-state index in [1.54, 1.807) is 26.0 Å². The van der Waals surface area contributed by atoms with Crippen LogP contribution < -0.4 is 4.74 Å². The van der Waals surface area contributed by atoms with Crippen molar-refractivity contribution in [2.75, 3.05) is 0 Å². The normalized spacial score (nSPS) is 12.8. The molecular formula is C24H29NO2. The average molecular weight is 364 g/mol. The molecule has 0 aliphatic carbocycles. The van der Waals surface area contributed by atoms with Crippen molar-refractivity contribution in [3.8, 4) is 22.9 Å². The number of hydrogen-bond acceptors (Lipinski definition) is 3. The summed E-state index contributed by atoms with van der Waals surface area (Å²) in [7, 11) is 0. The molecule has 0 aromatic heterocycles. The minimum Gasteiger partial charge on any atom is -0.425 e. The number of nitriles is 1. The van der Waals surface area contributed by atoms with Crippen LogP contribution in [0.15, 0.2) is 48.5 Å². The molecule has 2 rings (SSSR count). The molecule has 3 heteroatoms. The van der Waals surface area contributed by atoms with E-state index in [0.29, 0.717) is 12.2 Å². The molecule has 2 aromatic rings. The highest BCUT2D eigenvalue weighted by Crippen LogP contribution is 2.26. The van der Waals surface area contributed by atoms with Crippen molar-refractivity contribution in [1.82, 2.24) is 0 Å². The average Bonchev–Trinajstić information content (AvgIpc) is 2.71. The molecule has 2 aromatic carbocycles. The summed E-state index contributed by atoms with van der Waals surface area (Å²) in [5.41, 5.74) is 2.48. The molecule has 0 spiro atoms. The maximum atomic E-state index is 12.2. The third kappa shape index (κ3) is 5.69. The van der Waals surface area contributed by atoms with Crippen molar-refractivity contribution < 1.29 is 9.53 Å².